The van der Waals surface area contributed by atoms with Gasteiger partial charge in [0.25, 0.3) is 5.91 Å². The lowest BCUT2D eigenvalue weighted by molar-refractivity contribution is -0.122. The molecule has 0 spiro atoms. The Morgan fingerprint density at radius 1 is 1.32 bits per heavy atom. The largest absolute Gasteiger partial charge is 0.352 e. The summed E-state index contributed by atoms with van der Waals surface area (Å²) < 4.78 is 0. The molecule has 0 bridgehead atoms. The molecule has 1 aromatic carbocycles. The molecule has 22 heavy (non-hydrogen) atoms. The zero-order valence-electron chi connectivity index (χ0n) is 12.8. The predicted octanol–water partition coefficient (Wildman–Crippen LogP) is 1.81. The molecule has 5 nitrogen and oxygen atoms in total. The van der Waals surface area contributed by atoms with Gasteiger partial charge in [0.15, 0.2) is 0 Å². The molecule has 1 atom stereocenters. The third kappa shape index (κ3) is 3.03. The molecule has 0 radical (unpaired) electrons. The lowest BCUT2D eigenvalue weighted by Crippen LogP contribution is -2.30. The second-order valence-corrected chi connectivity index (χ2v) is 6.02. The lowest BCUT2D eigenvalue weighted by atomic mass is 9.90. The summed E-state index contributed by atoms with van der Waals surface area (Å²) >= 11 is 0. The topological polar surface area (TPSA) is 70.6 Å². The number of fused-ring (bicyclic) bond motifs is 1. The van der Waals surface area contributed by atoms with E-state index in [0.717, 1.165) is 18.6 Å². The minimum atomic E-state index is -0.219. The van der Waals surface area contributed by atoms with Gasteiger partial charge in [-0.15, -0.1) is 0 Å². The number of hydrogen-bond donors (Lipinski definition) is 2. The molecule has 0 unspecified atom stereocenters. The number of nitrogens with one attached hydrogen (secondary N) is 2. The number of amides is 2. The Balaban J connectivity index is 1.56. The first kappa shape index (κ1) is 14.8. The first-order valence-corrected chi connectivity index (χ1v) is 7.89. The average Bonchev–Trinajstić information content (AvgIpc) is 2.86. The number of aryl methyl sites for hydroxylation is 2. The van der Waals surface area contributed by atoms with Crippen molar-refractivity contribution in [2.24, 2.45) is 11.0 Å². The first-order valence-electron chi connectivity index (χ1n) is 7.89. The monoisotopic (exact) mass is 299 g/mol. The molecule has 1 heterocycles. The first-order chi connectivity index (χ1) is 10.6. The van der Waals surface area contributed by atoms with Crippen LogP contribution in [-0.4, -0.2) is 24.1 Å². The normalized spacial score (nSPS) is 20.1. The van der Waals surface area contributed by atoms with Crippen molar-refractivity contribution in [1.29, 1.82) is 0 Å². The molecule has 0 saturated heterocycles. The van der Waals surface area contributed by atoms with Crippen molar-refractivity contribution in [3.63, 3.8) is 0 Å². The summed E-state index contributed by atoms with van der Waals surface area (Å²) in [7, 11) is 0. The van der Waals surface area contributed by atoms with E-state index in [-0.39, 0.29) is 17.7 Å². The molecule has 5 heteroatoms. The molecule has 2 amide bonds. The van der Waals surface area contributed by atoms with E-state index in [4.69, 9.17) is 0 Å². The van der Waals surface area contributed by atoms with E-state index in [1.54, 1.807) is 0 Å². The molecule has 3 rings (SSSR count). The van der Waals surface area contributed by atoms with Crippen LogP contribution in [0.15, 0.2) is 23.3 Å². The van der Waals surface area contributed by atoms with Crippen LogP contribution in [0.2, 0.25) is 0 Å². The van der Waals surface area contributed by atoms with Gasteiger partial charge in [0, 0.05) is 17.8 Å². The number of carbonyl (C=O) groups excluding carboxylic acids is 2. The average molecular weight is 299 g/mol. The van der Waals surface area contributed by atoms with Crippen LogP contribution in [0.3, 0.4) is 0 Å². The van der Waals surface area contributed by atoms with Crippen LogP contribution in [0.25, 0.3) is 0 Å². The Hall–Kier alpha value is -2.17. The van der Waals surface area contributed by atoms with Crippen molar-refractivity contribution in [2.75, 3.05) is 6.54 Å². The van der Waals surface area contributed by atoms with Crippen molar-refractivity contribution in [1.82, 2.24) is 10.7 Å². The molecule has 0 fully saturated rings. The maximum absolute atomic E-state index is 12.2. The molecule has 2 N–H and O–H groups in total. The highest BCUT2D eigenvalue weighted by Crippen LogP contribution is 2.22. The number of rotatable bonds is 4. The molecule has 0 saturated carbocycles. The Labute approximate surface area is 130 Å². The summed E-state index contributed by atoms with van der Waals surface area (Å²) in [5.41, 5.74) is 6.63. The molecule has 1 aromatic rings. The van der Waals surface area contributed by atoms with Gasteiger partial charge < -0.3 is 5.32 Å². The summed E-state index contributed by atoms with van der Waals surface area (Å²) in [5, 5.41) is 6.81. The van der Waals surface area contributed by atoms with Gasteiger partial charge in [-0.05, 0) is 62.3 Å². The third-order valence-electron chi connectivity index (χ3n) is 4.49. The van der Waals surface area contributed by atoms with Crippen molar-refractivity contribution in [2.45, 2.75) is 39.0 Å². The molecular weight excluding hydrogens is 278 g/mol. The van der Waals surface area contributed by atoms with Gasteiger partial charge in [0.2, 0.25) is 5.91 Å². The fourth-order valence-corrected chi connectivity index (χ4v) is 3.14. The zero-order valence-corrected chi connectivity index (χ0v) is 12.8. The van der Waals surface area contributed by atoms with E-state index in [1.807, 2.05) is 19.1 Å². The van der Waals surface area contributed by atoms with Crippen LogP contribution < -0.4 is 10.7 Å². The predicted molar refractivity (Wildman–Crippen MR) is 84.8 cm³/mol. The minimum Gasteiger partial charge on any atom is -0.352 e. The summed E-state index contributed by atoms with van der Waals surface area (Å²) in [6.07, 6.45) is 5.20. The molecule has 1 aliphatic heterocycles. The van der Waals surface area contributed by atoms with Crippen molar-refractivity contribution >= 4 is 17.5 Å². The smallest absolute Gasteiger partial charge is 0.251 e. The third-order valence-corrected chi connectivity index (χ3v) is 4.49. The summed E-state index contributed by atoms with van der Waals surface area (Å²) in [6, 6.07) is 5.98. The second kappa shape index (κ2) is 6.30. The molecule has 0 aromatic heterocycles. The second-order valence-electron chi connectivity index (χ2n) is 6.02. The Kier molecular flexibility index (Phi) is 4.22. The van der Waals surface area contributed by atoms with Gasteiger partial charge >= 0.3 is 0 Å². The fraction of sp³-hybridized carbons (Fsp3) is 0.471. The van der Waals surface area contributed by atoms with E-state index in [9.17, 15) is 9.59 Å². The van der Waals surface area contributed by atoms with Gasteiger partial charge in [-0.3, -0.25) is 9.59 Å². The van der Waals surface area contributed by atoms with Gasteiger partial charge in [0.1, 0.15) is 0 Å². The Morgan fingerprint density at radius 3 is 2.82 bits per heavy atom. The van der Waals surface area contributed by atoms with Crippen LogP contribution in [0.5, 0.6) is 0 Å². The van der Waals surface area contributed by atoms with Crippen molar-refractivity contribution < 1.29 is 9.59 Å². The molecule has 1 aliphatic carbocycles. The molecule has 2 aliphatic rings. The van der Waals surface area contributed by atoms with E-state index < -0.39 is 0 Å². The fourth-order valence-electron chi connectivity index (χ4n) is 3.14. The van der Waals surface area contributed by atoms with Gasteiger partial charge in [-0.1, -0.05) is 6.07 Å². The van der Waals surface area contributed by atoms with E-state index in [0.29, 0.717) is 18.5 Å². The SMILES string of the molecule is CC1=NNC(=O)[C@@H]1CCNC(=O)c1ccc2c(c1)CCCC2. The van der Waals surface area contributed by atoms with Crippen molar-refractivity contribution in [3.05, 3.63) is 34.9 Å². The number of hydrogen-bond acceptors (Lipinski definition) is 3. The maximum atomic E-state index is 12.2. The number of nitrogens with zero attached hydrogens (tertiary/aromatic N) is 1. The lowest BCUT2D eigenvalue weighted by Gasteiger charge is -2.16. The van der Waals surface area contributed by atoms with Crippen molar-refractivity contribution in [3.8, 4) is 0 Å². The number of benzene rings is 1. The van der Waals surface area contributed by atoms with Crippen LogP contribution in [0, 0.1) is 5.92 Å². The number of hydrazone groups is 1. The van der Waals surface area contributed by atoms with Crippen LogP contribution in [0.4, 0.5) is 0 Å². The highest BCUT2D eigenvalue weighted by Gasteiger charge is 2.26. The molecule has 116 valence electrons. The number of carbonyl (C=O) groups is 2. The summed E-state index contributed by atoms with van der Waals surface area (Å²) in [6.45, 7) is 2.30. The maximum Gasteiger partial charge on any atom is 0.251 e. The van der Waals surface area contributed by atoms with Crippen LogP contribution >= 0.6 is 0 Å². The van der Waals surface area contributed by atoms with Gasteiger partial charge in [0.05, 0.1) is 5.92 Å². The van der Waals surface area contributed by atoms with E-state index in [2.05, 4.69) is 21.9 Å². The summed E-state index contributed by atoms with van der Waals surface area (Å²) in [4.78, 5) is 23.8. The molecular formula is C17H21N3O2. The highest BCUT2D eigenvalue weighted by atomic mass is 16.2. The zero-order chi connectivity index (χ0) is 15.5. The van der Waals surface area contributed by atoms with Crippen LogP contribution in [-0.2, 0) is 17.6 Å². The van der Waals surface area contributed by atoms with E-state index in [1.165, 1.54) is 24.0 Å². The minimum absolute atomic E-state index is 0.0682. The standard InChI is InChI=1S/C17H21N3O2/c1-11-15(17(22)20-19-11)8-9-18-16(21)14-7-6-12-4-2-3-5-13(12)10-14/h6-7,10,15H,2-5,8-9H2,1H3,(H,18,21)(H,20,22)/t15-/m1/s1. The Bertz CT molecular complexity index is 637. The van der Waals surface area contributed by atoms with Gasteiger partial charge in [-0.25, -0.2) is 5.43 Å². The Morgan fingerprint density at radius 2 is 2.09 bits per heavy atom. The van der Waals surface area contributed by atoms with Gasteiger partial charge in [-0.2, -0.15) is 5.10 Å². The quantitative estimate of drug-likeness (QED) is 0.890. The summed E-state index contributed by atoms with van der Waals surface area (Å²) in [5.74, 6) is -0.370. The highest BCUT2D eigenvalue weighted by molar-refractivity contribution is 6.06. The van der Waals surface area contributed by atoms with E-state index >= 15 is 0 Å². The van der Waals surface area contributed by atoms with Crippen LogP contribution in [0.1, 0.15) is 47.7 Å².